The predicted molar refractivity (Wildman–Crippen MR) is 74.4 cm³/mol. The van der Waals surface area contributed by atoms with Crippen molar-refractivity contribution in [1.29, 1.82) is 0 Å². The number of carbonyl (C=O) groups excluding carboxylic acids is 1. The van der Waals surface area contributed by atoms with Crippen LogP contribution in [0, 0.1) is 17.6 Å². The van der Waals surface area contributed by atoms with Gasteiger partial charge in [-0.1, -0.05) is 31.9 Å². The van der Waals surface area contributed by atoms with Gasteiger partial charge < -0.3 is 15.7 Å². The van der Waals surface area contributed by atoms with E-state index in [1.165, 1.54) is 0 Å². The van der Waals surface area contributed by atoms with Gasteiger partial charge in [0.15, 0.2) is 5.82 Å². The fraction of sp³-hybridized carbons (Fsp3) is 0.385. The number of hydrogen-bond donors (Lipinski definition) is 3. The summed E-state index contributed by atoms with van der Waals surface area (Å²) in [5.74, 6) is -3.45. The van der Waals surface area contributed by atoms with E-state index in [4.69, 9.17) is 16.7 Å². The van der Waals surface area contributed by atoms with Crippen LogP contribution in [0.4, 0.5) is 19.3 Å². The summed E-state index contributed by atoms with van der Waals surface area (Å²) in [7, 11) is 0. The Morgan fingerprint density at radius 2 is 2.00 bits per heavy atom. The second-order valence-electron chi connectivity index (χ2n) is 4.54. The number of carbonyl (C=O) groups is 2. The molecular formula is C13H15ClF2N2O3. The average Bonchev–Trinajstić information content (AvgIpc) is 2.39. The number of rotatable bonds is 5. The normalized spacial score (nSPS) is 13.4. The van der Waals surface area contributed by atoms with Crippen molar-refractivity contribution in [3.05, 3.63) is 28.8 Å². The smallest absolute Gasteiger partial charge is 0.326 e. The first-order chi connectivity index (χ1) is 9.76. The standard InChI is InChI=1S/C13H15ClF2N2O3/c1-3-6(2)10(12(19)20)17-13(21)18-11-8(14)4-7(15)5-9(11)16/h4-6,10H,3H2,1-2H3,(H,19,20)(H2,17,18,21)/t6-,10-/m0/s1. The molecule has 1 rings (SSSR count). The highest BCUT2D eigenvalue weighted by atomic mass is 35.5. The van der Waals surface area contributed by atoms with E-state index in [2.05, 4.69) is 10.6 Å². The molecule has 3 N–H and O–H groups in total. The zero-order valence-electron chi connectivity index (χ0n) is 11.4. The van der Waals surface area contributed by atoms with Crippen LogP contribution in [0.3, 0.4) is 0 Å². The monoisotopic (exact) mass is 320 g/mol. The molecule has 1 aromatic carbocycles. The molecule has 116 valence electrons. The van der Waals surface area contributed by atoms with Crippen LogP contribution < -0.4 is 10.6 Å². The van der Waals surface area contributed by atoms with Crippen LogP contribution in [0.25, 0.3) is 0 Å². The van der Waals surface area contributed by atoms with Crippen LogP contribution in [-0.4, -0.2) is 23.1 Å². The third-order valence-electron chi connectivity index (χ3n) is 3.01. The molecule has 0 saturated heterocycles. The molecule has 0 heterocycles. The minimum absolute atomic E-state index is 0.318. The Kier molecular flexibility index (Phi) is 5.90. The topological polar surface area (TPSA) is 78.4 Å². The maximum atomic E-state index is 13.5. The van der Waals surface area contributed by atoms with Gasteiger partial charge in [0.2, 0.25) is 0 Å². The Morgan fingerprint density at radius 1 is 1.38 bits per heavy atom. The molecule has 0 aliphatic carbocycles. The fourth-order valence-electron chi connectivity index (χ4n) is 1.64. The number of carboxylic acids is 1. The summed E-state index contributed by atoms with van der Waals surface area (Å²) in [6, 6.07) is -0.665. The van der Waals surface area contributed by atoms with Crippen molar-refractivity contribution < 1.29 is 23.5 Å². The number of halogens is 3. The first kappa shape index (κ1) is 17.2. The minimum Gasteiger partial charge on any atom is -0.480 e. The highest BCUT2D eigenvalue weighted by Gasteiger charge is 2.26. The molecule has 0 radical (unpaired) electrons. The largest absolute Gasteiger partial charge is 0.480 e. The zero-order valence-corrected chi connectivity index (χ0v) is 12.2. The molecule has 0 aliphatic heterocycles. The lowest BCUT2D eigenvalue weighted by Gasteiger charge is -2.20. The number of aliphatic carboxylic acids is 1. The van der Waals surface area contributed by atoms with E-state index < -0.39 is 35.4 Å². The summed E-state index contributed by atoms with van der Waals surface area (Å²) in [6.45, 7) is 3.43. The average molecular weight is 321 g/mol. The van der Waals surface area contributed by atoms with Crippen molar-refractivity contribution in [1.82, 2.24) is 5.32 Å². The van der Waals surface area contributed by atoms with Crippen LogP contribution in [-0.2, 0) is 4.79 Å². The number of hydrogen-bond acceptors (Lipinski definition) is 2. The second kappa shape index (κ2) is 7.21. The summed E-state index contributed by atoms with van der Waals surface area (Å²) < 4.78 is 26.4. The van der Waals surface area contributed by atoms with Gasteiger partial charge in [-0.25, -0.2) is 18.4 Å². The van der Waals surface area contributed by atoms with E-state index in [0.29, 0.717) is 12.5 Å². The van der Waals surface area contributed by atoms with Gasteiger partial charge in [-0.05, 0) is 12.0 Å². The van der Waals surface area contributed by atoms with Gasteiger partial charge in [-0.2, -0.15) is 0 Å². The van der Waals surface area contributed by atoms with Crippen molar-refractivity contribution in [3.8, 4) is 0 Å². The molecule has 8 heteroatoms. The maximum absolute atomic E-state index is 13.5. The summed E-state index contributed by atoms with van der Waals surface area (Å²) >= 11 is 5.63. The Hall–Kier alpha value is -1.89. The fourth-order valence-corrected chi connectivity index (χ4v) is 1.88. The molecule has 2 amide bonds. The summed E-state index contributed by atoms with van der Waals surface area (Å²) in [5, 5.41) is 13.0. The van der Waals surface area contributed by atoms with E-state index in [-0.39, 0.29) is 10.9 Å². The van der Waals surface area contributed by atoms with Crippen LogP contribution in [0.5, 0.6) is 0 Å². The lowest BCUT2D eigenvalue weighted by Crippen LogP contribution is -2.46. The molecule has 21 heavy (non-hydrogen) atoms. The number of amides is 2. The van der Waals surface area contributed by atoms with Gasteiger partial charge in [0.1, 0.15) is 11.9 Å². The number of urea groups is 1. The molecule has 0 aromatic heterocycles. The van der Waals surface area contributed by atoms with E-state index in [0.717, 1.165) is 6.07 Å². The Labute approximate surface area is 125 Å². The highest BCUT2D eigenvalue weighted by molar-refractivity contribution is 6.33. The van der Waals surface area contributed by atoms with Gasteiger partial charge in [0.25, 0.3) is 0 Å². The molecule has 0 saturated carbocycles. The lowest BCUT2D eigenvalue weighted by molar-refractivity contribution is -0.140. The van der Waals surface area contributed by atoms with Crippen molar-refractivity contribution in [2.24, 2.45) is 5.92 Å². The third kappa shape index (κ3) is 4.56. The molecule has 0 bridgehead atoms. The predicted octanol–water partition coefficient (Wildman–Crippen LogP) is 3.24. The van der Waals surface area contributed by atoms with Crippen LogP contribution in [0.15, 0.2) is 12.1 Å². The van der Waals surface area contributed by atoms with E-state index >= 15 is 0 Å². The summed E-state index contributed by atoms with van der Waals surface area (Å²) in [5.41, 5.74) is -0.413. The van der Waals surface area contributed by atoms with Gasteiger partial charge in [-0.3, -0.25) is 0 Å². The first-order valence-corrected chi connectivity index (χ1v) is 6.58. The number of nitrogens with one attached hydrogen (secondary N) is 2. The minimum atomic E-state index is -1.20. The first-order valence-electron chi connectivity index (χ1n) is 6.21. The summed E-state index contributed by atoms with van der Waals surface area (Å²) in [6.07, 6.45) is 0.531. The van der Waals surface area contributed by atoms with Crippen molar-refractivity contribution in [2.75, 3.05) is 5.32 Å². The molecule has 0 fully saturated rings. The van der Waals surface area contributed by atoms with E-state index in [9.17, 15) is 18.4 Å². The number of carboxylic acid groups (broad SMARTS) is 1. The molecular weight excluding hydrogens is 306 g/mol. The number of benzene rings is 1. The maximum Gasteiger partial charge on any atom is 0.326 e. The van der Waals surface area contributed by atoms with Crippen LogP contribution in [0.2, 0.25) is 5.02 Å². The Balaban J connectivity index is 2.84. The quantitative estimate of drug-likeness (QED) is 0.779. The van der Waals surface area contributed by atoms with Gasteiger partial charge in [0.05, 0.1) is 10.7 Å². The Morgan fingerprint density at radius 3 is 2.48 bits per heavy atom. The van der Waals surface area contributed by atoms with Crippen molar-refractivity contribution in [2.45, 2.75) is 26.3 Å². The van der Waals surface area contributed by atoms with Crippen molar-refractivity contribution >= 4 is 29.3 Å². The Bertz CT molecular complexity index is 531. The SMILES string of the molecule is CC[C@H](C)[C@H](NC(=O)Nc1c(F)cc(F)cc1Cl)C(=O)O. The molecule has 1 aromatic rings. The molecule has 0 spiro atoms. The summed E-state index contributed by atoms with van der Waals surface area (Å²) in [4.78, 5) is 22.8. The molecule has 2 atom stereocenters. The van der Waals surface area contributed by atoms with Crippen LogP contribution in [0.1, 0.15) is 20.3 Å². The lowest BCUT2D eigenvalue weighted by atomic mass is 9.99. The third-order valence-corrected chi connectivity index (χ3v) is 3.31. The van der Waals surface area contributed by atoms with Gasteiger partial charge >= 0.3 is 12.0 Å². The van der Waals surface area contributed by atoms with Gasteiger partial charge in [-0.15, -0.1) is 0 Å². The molecule has 0 unspecified atom stereocenters. The number of anilines is 1. The van der Waals surface area contributed by atoms with Crippen molar-refractivity contribution in [3.63, 3.8) is 0 Å². The highest BCUT2D eigenvalue weighted by Crippen LogP contribution is 2.26. The van der Waals surface area contributed by atoms with Gasteiger partial charge in [0, 0.05) is 6.07 Å². The second-order valence-corrected chi connectivity index (χ2v) is 4.95. The zero-order chi connectivity index (χ0) is 16.2. The molecule has 0 aliphatic rings. The van der Waals surface area contributed by atoms with E-state index in [1.54, 1.807) is 13.8 Å². The molecule has 5 nitrogen and oxygen atoms in total. The van der Waals surface area contributed by atoms with E-state index in [1.807, 2.05) is 0 Å². The van der Waals surface area contributed by atoms with Crippen LogP contribution >= 0.6 is 11.6 Å².